The summed E-state index contributed by atoms with van der Waals surface area (Å²) in [6.45, 7) is 0. The van der Waals surface area contributed by atoms with Crippen LogP contribution in [0.25, 0.3) is 145 Å². The average Bonchev–Trinajstić information content (AvgIpc) is 3.77. The van der Waals surface area contributed by atoms with Crippen molar-refractivity contribution in [2.45, 2.75) is 0 Å². The summed E-state index contributed by atoms with van der Waals surface area (Å²) in [4.78, 5) is 14.6. The molecule has 14 aromatic rings. The molecular weight excluding hydrogens is 1010 g/mol. The molecule has 14 rings (SSSR count). The van der Waals surface area contributed by atoms with Crippen LogP contribution in [0.15, 0.2) is 334 Å². The third-order valence-corrected chi connectivity index (χ3v) is 15.8. The Morgan fingerprint density at radius 3 is 0.786 bits per heavy atom. The van der Waals surface area contributed by atoms with Crippen molar-refractivity contribution in [1.82, 2.24) is 15.0 Å². The Morgan fingerprint density at radius 2 is 0.405 bits per heavy atom. The van der Waals surface area contributed by atoms with E-state index in [2.05, 4.69) is 302 Å². The molecule has 394 valence electrons. The minimum Gasteiger partial charge on any atom is -0.217 e. The largest absolute Gasteiger partial charge is 0.217 e. The first-order chi connectivity index (χ1) is 41.6. The molecule has 0 aliphatic rings. The molecule has 0 unspecified atom stereocenters. The fourth-order valence-electron chi connectivity index (χ4n) is 11.6. The van der Waals surface area contributed by atoms with Gasteiger partial charge in [-0.05, 0) is 189 Å². The van der Waals surface area contributed by atoms with E-state index >= 15 is 0 Å². The van der Waals surface area contributed by atoms with Gasteiger partial charge in [-0.15, -0.1) is 0 Å². The lowest BCUT2D eigenvalue weighted by molar-refractivity contribution is 1.07. The van der Waals surface area contributed by atoms with E-state index in [0.29, 0.717) is 11.6 Å². The summed E-state index contributed by atoms with van der Waals surface area (Å²) < 4.78 is 0. The zero-order valence-electron chi connectivity index (χ0n) is 46.1. The van der Waals surface area contributed by atoms with Crippen LogP contribution in [0.2, 0.25) is 0 Å². The van der Waals surface area contributed by atoms with Gasteiger partial charge in [-0.3, -0.25) is 0 Å². The van der Waals surface area contributed by atoms with Gasteiger partial charge in [0.05, 0.1) is 0 Å². The lowest BCUT2D eigenvalue weighted by atomic mass is 9.85. The molecule has 0 aliphatic carbocycles. The van der Waals surface area contributed by atoms with E-state index < -0.39 is 0 Å². The van der Waals surface area contributed by atoms with Crippen LogP contribution in [0, 0.1) is 0 Å². The van der Waals surface area contributed by atoms with Crippen LogP contribution >= 0.6 is 0 Å². The van der Waals surface area contributed by atoms with Crippen LogP contribution in [0.5, 0.6) is 0 Å². The minimum absolute atomic E-state index is 0.597. The first-order valence-corrected chi connectivity index (χ1v) is 28.5. The van der Waals surface area contributed by atoms with Gasteiger partial charge in [0.25, 0.3) is 0 Å². The number of hydrogen-bond acceptors (Lipinski definition) is 3. The lowest BCUT2D eigenvalue weighted by Gasteiger charge is -2.19. The fraction of sp³-hybridized carbons (Fsp3) is 0. The average molecular weight is 1070 g/mol. The first kappa shape index (κ1) is 51.0. The van der Waals surface area contributed by atoms with Crippen molar-refractivity contribution in [2.75, 3.05) is 0 Å². The highest BCUT2D eigenvalue weighted by Crippen LogP contribution is 2.45. The van der Waals surface area contributed by atoms with E-state index in [9.17, 15) is 0 Å². The molecule has 0 atom stereocenters. The predicted octanol–water partition coefficient (Wildman–Crippen LogP) is 21.5. The Morgan fingerprint density at radius 1 is 0.143 bits per heavy atom. The molecule has 0 fully saturated rings. The second-order valence-electron chi connectivity index (χ2n) is 21.2. The number of nitrogens with zero attached hydrogens (tertiary/aromatic N) is 3. The van der Waals surface area contributed by atoms with Crippen LogP contribution in [-0.4, -0.2) is 15.0 Å². The second-order valence-corrected chi connectivity index (χ2v) is 21.2. The predicted molar refractivity (Wildman–Crippen MR) is 350 cm³/mol. The van der Waals surface area contributed by atoms with Crippen LogP contribution in [-0.2, 0) is 0 Å². The number of aromatic nitrogens is 3. The molecule has 0 radical (unpaired) electrons. The van der Waals surface area contributed by atoms with E-state index in [1.807, 2.05) is 30.3 Å². The van der Waals surface area contributed by atoms with Gasteiger partial charge >= 0.3 is 0 Å². The van der Waals surface area contributed by atoms with Gasteiger partial charge in [0.1, 0.15) is 6.33 Å². The van der Waals surface area contributed by atoms with E-state index in [1.54, 1.807) is 6.33 Å². The highest BCUT2D eigenvalue weighted by atomic mass is 15.0. The molecule has 0 aliphatic heterocycles. The number of hydrogen-bond donors (Lipinski definition) is 0. The van der Waals surface area contributed by atoms with Gasteiger partial charge < -0.3 is 0 Å². The smallest absolute Gasteiger partial charge is 0.163 e. The summed E-state index contributed by atoms with van der Waals surface area (Å²) in [5.74, 6) is 1.22. The third kappa shape index (κ3) is 10.8. The van der Waals surface area contributed by atoms with Crippen LogP contribution < -0.4 is 0 Å². The maximum absolute atomic E-state index is 5.13. The molecule has 0 spiro atoms. The SMILES string of the molecule is c1ccc(-c2cccc(-c3cc(-c4cccc(-c5ccccc5)c4)cc(-c4ccccc4-c4ccc(-c5ncnc(-c6ccccc6)n5)cc4-c4cc(-c5cccc(-c6ccccc6)c5)cc(-c5cccc(-c6ccccc6)c5)c4)c3)c2)cc1. The van der Waals surface area contributed by atoms with Crippen molar-refractivity contribution >= 4 is 0 Å². The maximum atomic E-state index is 5.13. The summed E-state index contributed by atoms with van der Waals surface area (Å²) in [6, 6.07) is 118. The Balaban J connectivity index is 0.992. The number of benzene rings is 13. The van der Waals surface area contributed by atoms with E-state index in [4.69, 9.17) is 9.97 Å². The van der Waals surface area contributed by atoms with Crippen molar-refractivity contribution in [1.29, 1.82) is 0 Å². The summed E-state index contributed by atoms with van der Waals surface area (Å²) in [5.41, 5.74) is 26.7. The molecular formula is C81H55N3. The molecule has 1 aromatic heterocycles. The fourth-order valence-corrected chi connectivity index (χ4v) is 11.6. The van der Waals surface area contributed by atoms with Gasteiger partial charge in [0, 0.05) is 11.1 Å². The Kier molecular flexibility index (Phi) is 14.1. The van der Waals surface area contributed by atoms with Gasteiger partial charge in [-0.1, -0.05) is 261 Å². The summed E-state index contributed by atoms with van der Waals surface area (Å²) in [5, 5.41) is 0. The topological polar surface area (TPSA) is 38.7 Å². The zero-order chi connectivity index (χ0) is 56.0. The quantitative estimate of drug-likeness (QED) is 0.115. The van der Waals surface area contributed by atoms with Crippen molar-refractivity contribution < 1.29 is 0 Å². The normalized spacial score (nSPS) is 11.1. The molecule has 3 nitrogen and oxygen atoms in total. The summed E-state index contributed by atoms with van der Waals surface area (Å²) >= 11 is 0. The maximum Gasteiger partial charge on any atom is 0.163 e. The second kappa shape index (κ2) is 23.2. The highest BCUT2D eigenvalue weighted by molar-refractivity contribution is 5.97. The molecule has 0 N–H and O–H groups in total. The molecule has 84 heavy (non-hydrogen) atoms. The third-order valence-electron chi connectivity index (χ3n) is 15.8. The first-order valence-electron chi connectivity index (χ1n) is 28.5. The van der Waals surface area contributed by atoms with Crippen molar-refractivity contribution in [2.24, 2.45) is 0 Å². The summed E-state index contributed by atoms with van der Waals surface area (Å²) in [6.07, 6.45) is 1.63. The van der Waals surface area contributed by atoms with Gasteiger partial charge in [0.15, 0.2) is 11.6 Å². The minimum atomic E-state index is 0.597. The van der Waals surface area contributed by atoms with Crippen LogP contribution in [0.4, 0.5) is 0 Å². The monoisotopic (exact) mass is 1070 g/mol. The van der Waals surface area contributed by atoms with E-state index in [1.165, 1.54) is 33.4 Å². The molecule has 0 saturated heterocycles. The molecule has 13 aromatic carbocycles. The Bertz CT molecular complexity index is 4430. The van der Waals surface area contributed by atoms with Crippen molar-refractivity contribution in [3.8, 4) is 145 Å². The number of rotatable bonds is 13. The van der Waals surface area contributed by atoms with Crippen LogP contribution in [0.3, 0.4) is 0 Å². The lowest BCUT2D eigenvalue weighted by Crippen LogP contribution is -1.97. The van der Waals surface area contributed by atoms with Gasteiger partial charge in [-0.2, -0.15) is 0 Å². The Labute approximate surface area is 491 Å². The van der Waals surface area contributed by atoms with Crippen molar-refractivity contribution in [3.05, 3.63) is 334 Å². The zero-order valence-corrected chi connectivity index (χ0v) is 46.1. The molecule has 0 amide bonds. The molecule has 1 heterocycles. The molecule has 0 bridgehead atoms. The highest BCUT2D eigenvalue weighted by Gasteiger charge is 2.20. The Hall–Kier alpha value is -11.1. The molecule has 0 saturated carbocycles. The van der Waals surface area contributed by atoms with Gasteiger partial charge in [-0.25, -0.2) is 15.0 Å². The van der Waals surface area contributed by atoms with E-state index in [0.717, 1.165) is 100 Å². The standard InChI is InChI=1S/C81H55N3/c1-6-22-56(23-7-1)61-32-18-36-65(44-61)70-48-71(66-37-19-33-62(45-66)57-24-8-2-9-25-57)51-74(50-70)76-40-16-17-41-77(76)78-43-42-69(81-83-55-82-80(84-81)60-30-14-5-15-31-60)54-79(78)75-52-72(67-38-20-34-63(46-67)58-26-10-3-11-27-58)49-73(53-75)68-39-21-35-64(47-68)59-28-12-4-13-29-59/h1-55H. The van der Waals surface area contributed by atoms with Crippen molar-refractivity contribution in [3.63, 3.8) is 0 Å². The molecule has 3 heteroatoms. The van der Waals surface area contributed by atoms with E-state index in [-0.39, 0.29) is 0 Å². The summed E-state index contributed by atoms with van der Waals surface area (Å²) in [7, 11) is 0. The van der Waals surface area contributed by atoms with Gasteiger partial charge in [0.2, 0.25) is 0 Å². The van der Waals surface area contributed by atoms with Crippen LogP contribution in [0.1, 0.15) is 0 Å².